The fourth-order valence-electron chi connectivity index (χ4n) is 5.33. The molecule has 0 atom stereocenters. The summed E-state index contributed by atoms with van der Waals surface area (Å²) in [6.07, 6.45) is 0. The van der Waals surface area contributed by atoms with E-state index in [4.69, 9.17) is 15.1 Å². The third-order valence-corrected chi connectivity index (χ3v) is 6.94. The van der Waals surface area contributed by atoms with Crippen LogP contribution in [-0.2, 0) is 0 Å². The zero-order valence-corrected chi connectivity index (χ0v) is 19.9. The highest BCUT2D eigenvalue weighted by Gasteiger charge is 2.16. The number of hydrogen-bond acceptors (Lipinski definition) is 0. The molecule has 0 amide bonds. The zero-order valence-electron chi connectivity index (χ0n) is 30.9. The van der Waals surface area contributed by atoms with E-state index >= 15 is 0 Å². The molecule has 0 radical (unpaired) electrons. The maximum absolute atomic E-state index is 8.90. The highest BCUT2D eigenvalue weighted by Crippen LogP contribution is 2.37. The molecule has 178 valence electrons. The number of aromatic nitrogens is 2. The van der Waals surface area contributed by atoms with Crippen molar-refractivity contribution in [3.8, 4) is 22.5 Å². The average molecular weight is 496 g/mol. The van der Waals surface area contributed by atoms with E-state index in [-0.39, 0.29) is 52.0 Å². The van der Waals surface area contributed by atoms with Crippen LogP contribution in [0.1, 0.15) is 15.1 Å². The monoisotopic (exact) mass is 495 g/mol. The molecule has 0 saturated heterocycles. The average Bonchev–Trinajstić information content (AvgIpc) is 3.61. The first kappa shape index (κ1) is 12.9. The Morgan fingerprint density at radius 1 is 0.395 bits per heavy atom. The Hall–Kier alpha value is -5.08. The largest absolute Gasteiger partial charge is 0.309 e. The van der Waals surface area contributed by atoms with E-state index in [0.717, 1.165) is 22.0 Å². The topological polar surface area (TPSA) is 9.86 Å². The number of para-hydroxylation sites is 3. The minimum absolute atomic E-state index is 0.0115. The first-order valence-corrected chi connectivity index (χ1v) is 12.1. The standard InChI is InChI=1S/C36H24N2/c1-2-11-25(12-3-1)26-13-10-14-27(23-26)38-35-20-9-6-17-31(35)32-22-21-28(24-36(32)38)37-33-18-7-4-15-29(33)30-16-5-8-19-34(30)37/h1-24H/i1D,4D,5D,7D,8D,11D,12D,15D,16D,18D,19D. The first-order chi connectivity index (χ1) is 23.4. The van der Waals surface area contributed by atoms with Gasteiger partial charge in [-0.05, 0) is 53.5 Å². The van der Waals surface area contributed by atoms with Crippen molar-refractivity contribution >= 4 is 43.6 Å². The maximum atomic E-state index is 8.90. The molecule has 0 unspecified atom stereocenters. The minimum atomic E-state index is -0.497. The van der Waals surface area contributed by atoms with Crippen molar-refractivity contribution in [2.45, 2.75) is 0 Å². The summed E-state index contributed by atoms with van der Waals surface area (Å²) in [5, 5.41) is 1.83. The van der Waals surface area contributed by atoms with Gasteiger partial charge >= 0.3 is 0 Å². The first-order valence-electron chi connectivity index (χ1n) is 17.6. The van der Waals surface area contributed by atoms with E-state index < -0.39 is 36.3 Å². The predicted molar refractivity (Wildman–Crippen MR) is 161 cm³/mol. The molecule has 0 aliphatic carbocycles. The second-order valence-electron chi connectivity index (χ2n) is 9.01. The van der Waals surface area contributed by atoms with Gasteiger partial charge < -0.3 is 9.13 Å². The maximum Gasteiger partial charge on any atom is 0.0645 e. The molecule has 0 aliphatic heterocycles. The molecule has 0 fully saturated rings. The molecular formula is C36H24N2. The van der Waals surface area contributed by atoms with E-state index in [1.807, 2.05) is 65.2 Å². The summed E-state index contributed by atoms with van der Waals surface area (Å²) in [5.74, 6) is 0. The molecule has 6 aromatic carbocycles. The molecule has 0 spiro atoms. The Balaban J connectivity index is 1.49. The lowest BCUT2D eigenvalue weighted by Crippen LogP contribution is -1.97. The number of fused-ring (bicyclic) bond motifs is 6. The van der Waals surface area contributed by atoms with Gasteiger partial charge in [-0.3, -0.25) is 0 Å². The third-order valence-electron chi connectivity index (χ3n) is 6.94. The molecule has 0 bridgehead atoms. The summed E-state index contributed by atoms with van der Waals surface area (Å²) in [6.45, 7) is 0. The van der Waals surface area contributed by atoms with Crippen molar-refractivity contribution in [2.24, 2.45) is 0 Å². The lowest BCUT2D eigenvalue weighted by Gasteiger charge is -2.12. The lowest BCUT2D eigenvalue weighted by molar-refractivity contribution is 1.15. The fraction of sp³-hybridized carbons (Fsp3) is 0. The van der Waals surface area contributed by atoms with Crippen molar-refractivity contribution in [1.29, 1.82) is 0 Å². The van der Waals surface area contributed by atoms with Crippen LogP contribution in [0.4, 0.5) is 0 Å². The Labute approximate surface area is 236 Å². The lowest BCUT2D eigenvalue weighted by atomic mass is 10.1. The van der Waals surface area contributed by atoms with Crippen LogP contribution in [0.15, 0.2) is 145 Å². The van der Waals surface area contributed by atoms with Gasteiger partial charge in [0.05, 0.1) is 37.1 Å². The van der Waals surface area contributed by atoms with Crippen LogP contribution in [0, 0.1) is 0 Å². The normalized spacial score (nSPS) is 15.7. The van der Waals surface area contributed by atoms with Crippen LogP contribution in [-0.4, -0.2) is 9.13 Å². The van der Waals surface area contributed by atoms with Gasteiger partial charge in [-0.2, -0.15) is 0 Å². The van der Waals surface area contributed by atoms with Gasteiger partial charge in [0, 0.05) is 32.9 Å². The van der Waals surface area contributed by atoms with E-state index in [1.54, 1.807) is 6.07 Å². The van der Waals surface area contributed by atoms with E-state index in [9.17, 15) is 0 Å². The van der Waals surface area contributed by atoms with E-state index in [0.29, 0.717) is 22.3 Å². The summed E-state index contributed by atoms with van der Waals surface area (Å²) >= 11 is 0. The fourth-order valence-corrected chi connectivity index (χ4v) is 5.33. The van der Waals surface area contributed by atoms with Crippen molar-refractivity contribution in [3.63, 3.8) is 0 Å². The summed E-state index contributed by atoms with van der Waals surface area (Å²) in [5.41, 5.74) is 3.83. The molecule has 8 rings (SSSR count). The van der Waals surface area contributed by atoms with E-state index in [2.05, 4.69) is 0 Å². The Morgan fingerprint density at radius 2 is 1.05 bits per heavy atom. The minimum Gasteiger partial charge on any atom is -0.309 e. The van der Waals surface area contributed by atoms with Crippen molar-refractivity contribution in [2.75, 3.05) is 0 Å². The molecule has 38 heavy (non-hydrogen) atoms. The molecule has 0 saturated carbocycles. The van der Waals surface area contributed by atoms with E-state index in [1.165, 1.54) is 16.7 Å². The van der Waals surface area contributed by atoms with Crippen LogP contribution in [0.25, 0.3) is 66.1 Å². The van der Waals surface area contributed by atoms with Gasteiger partial charge in [-0.15, -0.1) is 0 Å². The summed E-state index contributed by atoms with van der Waals surface area (Å²) in [6, 6.07) is 20.3. The highest BCUT2D eigenvalue weighted by atomic mass is 15.0. The van der Waals surface area contributed by atoms with Crippen molar-refractivity contribution < 1.29 is 15.1 Å². The third kappa shape index (κ3) is 3.07. The second-order valence-corrected chi connectivity index (χ2v) is 9.01. The van der Waals surface area contributed by atoms with Gasteiger partial charge in [-0.25, -0.2) is 0 Å². The van der Waals surface area contributed by atoms with Crippen LogP contribution in [0.2, 0.25) is 0 Å². The molecule has 8 aromatic rings. The Bertz CT molecular complexity index is 2640. The quantitative estimate of drug-likeness (QED) is 0.231. The number of hydrogen-bond donors (Lipinski definition) is 0. The Kier molecular flexibility index (Phi) is 2.80. The van der Waals surface area contributed by atoms with Crippen molar-refractivity contribution in [3.05, 3.63) is 145 Å². The van der Waals surface area contributed by atoms with Gasteiger partial charge in [0.2, 0.25) is 0 Å². The smallest absolute Gasteiger partial charge is 0.0645 e. The molecule has 0 N–H and O–H groups in total. The Morgan fingerprint density at radius 3 is 1.84 bits per heavy atom. The molecule has 2 heteroatoms. The summed E-state index contributed by atoms with van der Waals surface area (Å²) in [4.78, 5) is 0. The molecule has 0 aliphatic rings. The zero-order chi connectivity index (χ0) is 34.6. The SMILES string of the molecule is [2H]c1cc([2H])c(-c2cccc(-n3c4ccccc4c4ccc(-n5c6c([2H])c([2H])c([2H])c([2H])c6c6c([2H])c([2H])c([2H])c([2H])c65)cc43)c2)c([2H])c1. The van der Waals surface area contributed by atoms with Crippen LogP contribution in [0.3, 0.4) is 0 Å². The van der Waals surface area contributed by atoms with Crippen molar-refractivity contribution in [1.82, 2.24) is 9.13 Å². The molecular weight excluding hydrogens is 460 g/mol. The molecule has 2 heterocycles. The highest BCUT2D eigenvalue weighted by molar-refractivity contribution is 6.12. The molecule has 2 aromatic heterocycles. The van der Waals surface area contributed by atoms with Gasteiger partial charge in [-0.1, -0.05) is 103 Å². The second kappa shape index (κ2) is 8.22. The van der Waals surface area contributed by atoms with Crippen LogP contribution in [0.5, 0.6) is 0 Å². The van der Waals surface area contributed by atoms with Gasteiger partial charge in [0.15, 0.2) is 0 Å². The predicted octanol–water partition coefficient (Wildman–Crippen LogP) is 9.55. The number of rotatable bonds is 3. The molecule has 2 nitrogen and oxygen atoms in total. The summed E-state index contributed by atoms with van der Waals surface area (Å²) < 4.78 is 97.4. The van der Waals surface area contributed by atoms with Crippen LogP contribution >= 0.6 is 0 Å². The van der Waals surface area contributed by atoms with Gasteiger partial charge in [0.1, 0.15) is 0 Å². The summed E-state index contributed by atoms with van der Waals surface area (Å²) in [7, 11) is 0. The van der Waals surface area contributed by atoms with Crippen LogP contribution < -0.4 is 0 Å². The van der Waals surface area contributed by atoms with Gasteiger partial charge in [0.25, 0.3) is 0 Å². The number of benzene rings is 6. The number of nitrogens with zero attached hydrogens (tertiary/aromatic N) is 2.